The summed E-state index contributed by atoms with van der Waals surface area (Å²) < 4.78 is 0. The summed E-state index contributed by atoms with van der Waals surface area (Å²) in [7, 11) is 0. The SMILES string of the molecule is O=C1c2ccccc2C(=O)N1CCCCC(O)CCl. The molecule has 1 heterocycles. The number of unbranched alkanes of at least 4 members (excludes halogenated alkanes) is 1. The molecule has 0 fully saturated rings. The standard InChI is InChI=1S/C14H16ClNO3/c15-9-10(17)5-3-4-8-16-13(18)11-6-1-2-7-12(11)14(16)19/h1-2,6-7,10,17H,3-5,8-9H2. The van der Waals surface area contributed by atoms with Crippen molar-refractivity contribution in [3.05, 3.63) is 35.4 Å². The molecule has 0 saturated heterocycles. The van der Waals surface area contributed by atoms with Gasteiger partial charge in [0.15, 0.2) is 0 Å². The number of imide groups is 1. The summed E-state index contributed by atoms with van der Waals surface area (Å²) >= 11 is 5.50. The monoisotopic (exact) mass is 281 g/mol. The number of carbonyl (C=O) groups excluding carboxylic acids is 2. The maximum absolute atomic E-state index is 12.0. The van der Waals surface area contributed by atoms with Crippen LogP contribution in [0.1, 0.15) is 40.0 Å². The number of amides is 2. The Hall–Kier alpha value is -1.39. The van der Waals surface area contributed by atoms with Crippen molar-refractivity contribution in [1.29, 1.82) is 0 Å². The lowest BCUT2D eigenvalue weighted by molar-refractivity contribution is 0.0650. The fourth-order valence-corrected chi connectivity index (χ4v) is 2.32. The van der Waals surface area contributed by atoms with E-state index in [9.17, 15) is 14.7 Å². The number of hydrogen-bond donors (Lipinski definition) is 1. The largest absolute Gasteiger partial charge is 0.392 e. The van der Waals surface area contributed by atoms with Gasteiger partial charge in [0.2, 0.25) is 0 Å². The molecule has 0 saturated carbocycles. The number of carbonyl (C=O) groups is 2. The Morgan fingerprint density at radius 2 is 1.68 bits per heavy atom. The van der Waals surface area contributed by atoms with Crippen LogP contribution in [0.3, 0.4) is 0 Å². The van der Waals surface area contributed by atoms with Crippen LogP contribution in [-0.2, 0) is 0 Å². The van der Waals surface area contributed by atoms with E-state index in [1.54, 1.807) is 24.3 Å². The highest BCUT2D eigenvalue weighted by atomic mass is 35.5. The Morgan fingerprint density at radius 3 is 2.21 bits per heavy atom. The predicted molar refractivity (Wildman–Crippen MR) is 72.4 cm³/mol. The summed E-state index contributed by atoms with van der Waals surface area (Å²) in [5.41, 5.74) is 0.960. The number of benzene rings is 1. The van der Waals surface area contributed by atoms with Gasteiger partial charge in [0.25, 0.3) is 11.8 Å². The molecule has 1 atom stereocenters. The van der Waals surface area contributed by atoms with E-state index >= 15 is 0 Å². The minimum atomic E-state index is -0.510. The van der Waals surface area contributed by atoms with E-state index in [0.29, 0.717) is 30.5 Å². The predicted octanol–water partition coefficient (Wildman–Crippen LogP) is 2.05. The van der Waals surface area contributed by atoms with Gasteiger partial charge in [-0.25, -0.2) is 0 Å². The summed E-state index contributed by atoms with van der Waals surface area (Å²) in [6, 6.07) is 6.86. The third-order valence-electron chi connectivity index (χ3n) is 3.23. The number of rotatable bonds is 6. The number of halogens is 1. The molecule has 2 amide bonds. The minimum absolute atomic E-state index is 0.215. The van der Waals surface area contributed by atoms with Crippen LogP contribution in [0.4, 0.5) is 0 Å². The van der Waals surface area contributed by atoms with E-state index in [0.717, 1.165) is 6.42 Å². The first-order chi connectivity index (χ1) is 9.15. The van der Waals surface area contributed by atoms with Crippen molar-refractivity contribution in [3.63, 3.8) is 0 Å². The second kappa shape index (κ2) is 6.17. The zero-order valence-corrected chi connectivity index (χ0v) is 11.3. The summed E-state index contributed by atoms with van der Waals surface area (Å²) in [5, 5.41) is 9.32. The first-order valence-corrected chi connectivity index (χ1v) is 6.88. The molecule has 0 bridgehead atoms. The summed E-state index contributed by atoms with van der Waals surface area (Å²) in [4.78, 5) is 25.3. The minimum Gasteiger partial charge on any atom is -0.392 e. The zero-order valence-electron chi connectivity index (χ0n) is 10.5. The van der Waals surface area contributed by atoms with Crippen molar-refractivity contribution < 1.29 is 14.7 Å². The summed E-state index contributed by atoms with van der Waals surface area (Å²) in [5.74, 6) is -0.232. The molecule has 2 rings (SSSR count). The third kappa shape index (κ3) is 2.96. The fraction of sp³-hybridized carbons (Fsp3) is 0.429. The van der Waals surface area contributed by atoms with E-state index in [1.165, 1.54) is 4.90 Å². The van der Waals surface area contributed by atoms with Gasteiger partial charge in [0.1, 0.15) is 0 Å². The molecule has 1 aromatic rings. The van der Waals surface area contributed by atoms with E-state index in [1.807, 2.05) is 0 Å². The molecule has 1 unspecified atom stereocenters. The lowest BCUT2D eigenvalue weighted by atomic mass is 10.1. The average Bonchev–Trinajstić information content (AvgIpc) is 2.68. The Balaban J connectivity index is 1.90. The first kappa shape index (κ1) is 14.0. The van der Waals surface area contributed by atoms with Crippen molar-refractivity contribution in [2.75, 3.05) is 12.4 Å². The Labute approximate surface area is 117 Å². The van der Waals surface area contributed by atoms with Gasteiger partial charge in [-0.1, -0.05) is 12.1 Å². The quantitative estimate of drug-likeness (QED) is 0.493. The molecule has 4 nitrogen and oxygen atoms in total. The van der Waals surface area contributed by atoms with Crippen molar-refractivity contribution in [2.24, 2.45) is 0 Å². The third-order valence-corrected chi connectivity index (χ3v) is 3.58. The normalized spacial score (nSPS) is 15.8. The smallest absolute Gasteiger partial charge is 0.261 e. The second-order valence-corrected chi connectivity index (χ2v) is 4.92. The van der Waals surface area contributed by atoms with Gasteiger partial charge >= 0.3 is 0 Å². The topological polar surface area (TPSA) is 57.6 Å². The van der Waals surface area contributed by atoms with Crippen LogP contribution in [0.2, 0.25) is 0 Å². The van der Waals surface area contributed by atoms with Gasteiger partial charge < -0.3 is 5.11 Å². The lowest BCUT2D eigenvalue weighted by Gasteiger charge is -2.14. The average molecular weight is 282 g/mol. The van der Waals surface area contributed by atoms with Crippen molar-refractivity contribution in [2.45, 2.75) is 25.4 Å². The Bertz CT molecular complexity index is 454. The van der Waals surface area contributed by atoms with Gasteiger partial charge in [-0.05, 0) is 31.4 Å². The summed E-state index contributed by atoms with van der Waals surface area (Å²) in [6.45, 7) is 0.390. The van der Waals surface area contributed by atoms with E-state index in [-0.39, 0.29) is 17.7 Å². The zero-order chi connectivity index (χ0) is 13.8. The molecule has 102 valence electrons. The maximum atomic E-state index is 12.0. The molecular weight excluding hydrogens is 266 g/mol. The number of aliphatic hydroxyl groups is 1. The van der Waals surface area contributed by atoms with Crippen molar-refractivity contribution in [1.82, 2.24) is 4.90 Å². The van der Waals surface area contributed by atoms with Gasteiger partial charge in [-0.3, -0.25) is 14.5 Å². The van der Waals surface area contributed by atoms with Crippen LogP contribution < -0.4 is 0 Å². The van der Waals surface area contributed by atoms with Gasteiger partial charge in [-0.15, -0.1) is 11.6 Å². The Morgan fingerprint density at radius 1 is 1.11 bits per heavy atom. The molecular formula is C14H16ClNO3. The molecule has 1 aromatic carbocycles. The highest BCUT2D eigenvalue weighted by Gasteiger charge is 2.34. The number of alkyl halides is 1. The maximum Gasteiger partial charge on any atom is 0.261 e. The molecule has 5 heteroatoms. The van der Waals surface area contributed by atoms with Crippen LogP contribution in [0.5, 0.6) is 0 Å². The molecule has 19 heavy (non-hydrogen) atoms. The van der Waals surface area contributed by atoms with Crippen molar-refractivity contribution in [3.8, 4) is 0 Å². The van der Waals surface area contributed by atoms with E-state index in [4.69, 9.17) is 11.6 Å². The fourth-order valence-electron chi connectivity index (χ4n) is 2.17. The van der Waals surface area contributed by atoms with Gasteiger partial charge in [0, 0.05) is 12.4 Å². The van der Waals surface area contributed by atoms with Crippen LogP contribution in [0.15, 0.2) is 24.3 Å². The van der Waals surface area contributed by atoms with Gasteiger partial charge in [-0.2, -0.15) is 0 Å². The highest BCUT2D eigenvalue weighted by molar-refractivity contribution is 6.21. The van der Waals surface area contributed by atoms with Crippen LogP contribution in [0.25, 0.3) is 0 Å². The van der Waals surface area contributed by atoms with E-state index < -0.39 is 6.10 Å². The number of hydrogen-bond acceptors (Lipinski definition) is 3. The molecule has 0 spiro atoms. The van der Waals surface area contributed by atoms with Crippen LogP contribution in [-0.4, -0.2) is 40.3 Å². The van der Waals surface area contributed by atoms with Crippen LogP contribution >= 0.6 is 11.6 Å². The van der Waals surface area contributed by atoms with Crippen LogP contribution in [0, 0.1) is 0 Å². The lowest BCUT2D eigenvalue weighted by Crippen LogP contribution is -2.30. The molecule has 1 aliphatic heterocycles. The number of aliphatic hydroxyl groups excluding tert-OH is 1. The first-order valence-electron chi connectivity index (χ1n) is 6.34. The second-order valence-electron chi connectivity index (χ2n) is 4.61. The molecule has 0 aromatic heterocycles. The molecule has 1 N–H and O–H groups in total. The molecule has 1 aliphatic rings. The van der Waals surface area contributed by atoms with Gasteiger partial charge in [0.05, 0.1) is 17.2 Å². The highest BCUT2D eigenvalue weighted by Crippen LogP contribution is 2.22. The molecule has 0 aliphatic carbocycles. The van der Waals surface area contributed by atoms with E-state index in [2.05, 4.69) is 0 Å². The summed E-state index contributed by atoms with van der Waals surface area (Å²) in [6.07, 6.45) is 1.50. The Kier molecular flexibility index (Phi) is 4.56. The van der Waals surface area contributed by atoms with Crippen molar-refractivity contribution >= 4 is 23.4 Å². The molecule has 0 radical (unpaired) electrons. The number of nitrogens with zero attached hydrogens (tertiary/aromatic N) is 1. The number of fused-ring (bicyclic) bond motifs is 1.